The van der Waals surface area contributed by atoms with E-state index in [1.807, 2.05) is 13.8 Å². The summed E-state index contributed by atoms with van der Waals surface area (Å²) in [6.45, 7) is 2.72. The normalized spacial score (nSPS) is 11.3. The van der Waals surface area contributed by atoms with Crippen LogP contribution in [0.5, 0.6) is 5.75 Å². The van der Waals surface area contributed by atoms with E-state index in [2.05, 4.69) is 9.84 Å². The fourth-order valence-corrected chi connectivity index (χ4v) is 2.41. The van der Waals surface area contributed by atoms with Crippen LogP contribution in [0.3, 0.4) is 0 Å². The molecule has 0 bridgehead atoms. The van der Waals surface area contributed by atoms with Crippen molar-refractivity contribution in [3.63, 3.8) is 0 Å². The summed E-state index contributed by atoms with van der Waals surface area (Å²) in [5.41, 5.74) is 1.79. The Kier molecular flexibility index (Phi) is 4.98. The van der Waals surface area contributed by atoms with Gasteiger partial charge in [0.05, 0.1) is 17.1 Å². The number of rotatable bonds is 6. The van der Waals surface area contributed by atoms with E-state index in [1.54, 1.807) is 23.7 Å². The van der Waals surface area contributed by atoms with Crippen molar-refractivity contribution in [1.29, 1.82) is 0 Å². The molecule has 5 nitrogen and oxygen atoms in total. The number of aromatic carboxylic acids is 1. The molecule has 0 unspecified atom stereocenters. The lowest BCUT2D eigenvalue weighted by Gasteiger charge is -2.11. The molecule has 0 saturated heterocycles. The molecule has 1 N–H and O–H groups in total. The minimum absolute atomic E-state index is 0.0384. The molecule has 1 heterocycles. The number of halogens is 2. The first-order chi connectivity index (χ1) is 10.8. The summed E-state index contributed by atoms with van der Waals surface area (Å²) in [5, 5.41) is 13.7. The number of hydrogen-bond donors (Lipinski definition) is 1. The highest BCUT2D eigenvalue weighted by molar-refractivity contribution is 5.90. The summed E-state index contributed by atoms with van der Waals surface area (Å²) >= 11 is 0. The van der Waals surface area contributed by atoms with Crippen LogP contribution >= 0.6 is 0 Å². The van der Waals surface area contributed by atoms with Gasteiger partial charge in [0, 0.05) is 0 Å². The lowest BCUT2D eigenvalue weighted by molar-refractivity contribution is -0.0498. The minimum atomic E-state index is -2.89. The number of nitrogens with zero attached hydrogens (tertiary/aromatic N) is 2. The Hall–Kier alpha value is -2.44. The zero-order chi connectivity index (χ0) is 17.1. The summed E-state index contributed by atoms with van der Waals surface area (Å²) in [6.07, 6.45) is 0.539. The third kappa shape index (κ3) is 3.85. The Balaban J connectivity index is 2.46. The lowest BCUT2D eigenvalue weighted by Crippen LogP contribution is -2.10. The van der Waals surface area contributed by atoms with Crippen molar-refractivity contribution in [3.8, 4) is 11.4 Å². The topological polar surface area (TPSA) is 64.4 Å². The third-order valence-corrected chi connectivity index (χ3v) is 3.28. The van der Waals surface area contributed by atoms with Crippen molar-refractivity contribution in [2.75, 3.05) is 0 Å². The predicted octanol–water partition coefficient (Wildman–Crippen LogP) is 3.68. The van der Waals surface area contributed by atoms with E-state index in [-0.39, 0.29) is 17.2 Å². The standard InChI is InChI=1S/C16H18F2N2O3/c1-9(2)8-13-14(15(21)22)10(3)19-20(13)11-4-6-12(7-5-11)23-16(17)18/h4-7,9,16H,8H2,1-3H3,(H,21,22). The van der Waals surface area contributed by atoms with Gasteiger partial charge in [-0.2, -0.15) is 13.9 Å². The quantitative estimate of drug-likeness (QED) is 0.880. The Labute approximate surface area is 132 Å². The van der Waals surface area contributed by atoms with Crippen molar-refractivity contribution in [2.45, 2.75) is 33.8 Å². The highest BCUT2D eigenvalue weighted by Gasteiger charge is 2.22. The van der Waals surface area contributed by atoms with E-state index in [4.69, 9.17) is 0 Å². The predicted molar refractivity (Wildman–Crippen MR) is 80.4 cm³/mol. The monoisotopic (exact) mass is 324 g/mol. The smallest absolute Gasteiger partial charge is 0.387 e. The van der Waals surface area contributed by atoms with Crippen LogP contribution < -0.4 is 4.74 Å². The molecule has 23 heavy (non-hydrogen) atoms. The Morgan fingerprint density at radius 1 is 1.30 bits per heavy atom. The van der Waals surface area contributed by atoms with Gasteiger partial charge in [0.25, 0.3) is 0 Å². The van der Waals surface area contributed by atoms with Crippen molar-refractivity contribution >= 4 is 5.97 Å². The molecule has 2 rings (SSSR count). The van der Waals surface area contributed by atoms with Gasteiger partial charge in [0.2, 0.25) is 0 Å². The molecule has 0 atom stereocenters. The van der Waals surface area contributed by atoms with E-state index < -0.39 is 12.6 Å². The maximum atomic E-state index is 12.2. The molecule has 0 saturated carbocycles. The highest BCUT2D eigenvalue weighted by Crippen LogP contribution is 2.23. The molecule has 7 heteroatoms. The Bertz CT molecular complexity index is 694. The van der Waals surface area contributed by atoms with Gasteiger partial charge in [-0.1, -0.05) is 13.8 Å². The first-order valence-electron chi connectivity index (χ1n) is 7.16. The molecule has 1 aromatic heterocycles. The Morgan fingerprint density at radius 3 is 2.39 bits per heavy atom. The van der Waals surface area contributed by atoms with Crippen LogP contribution in [0.15, 0.2) is 24.3 Å². The summed E-state index contributed by atoms with van der Waals surface area (Å²) in [5.74, 6) is -0.747. The largest absolute Gasteiger partial charge is 0.478 e. The van der Waals surface area contributed by atoms with Crippen LogP contribution in [-0.2, 0) is 6.42 Å². The number of carbonyl (C=O) groups is 1. The maximum absolute atomic E-state index is 12.2. The van der Waals surface area contributed by atoms with Crippen LogP contribution in [0.4, 0.5) is 8.78 Å². The number of alkyl halides is 2. The van der Waals surface area contributed by atoms with E-state index in [9.17, 15) is 18.7 Å². The van der Waals surface area contributed by atoms with Crippen LogP contribution in [0.25, 0.3) is 5.69 Å². The van der Waals surface area contributed by atoms with Crippen molar-refractivity contribution in [2.24, 2.45) is 5.92 Å². The summed E-state index contributed by atoms with van der Waals surface area (Å²) in [7, 11) is 0. The zero-order valence-electron chi connectivity index (χ0n) is 13.1. The molecule has 2 aromatic rings. The fraction of sp³-hybridized carbons (Fsp3) is 0.375. The van der Waals surface area contributed by atoms with Crippen molar-refractivity contribution in [3.05, 3.63) is 41.2 Å². The maximum Gasteiger partial charge on any atom is 0.387 e. The van der Waals surface area contributed by atoms with Gasteiger partial charge in [-0.3, -0.25) is 0 Å². The molecule has 124 valence electrons. The van der Waals surface area contributed by atoms with Gasteiger partial charge in [-0.05, 0) is 43.5 Å². The number of carboxylic acid groups (broad SMARTS) is 1. The van der Waals surface area contributed by atoms with Gasteiger partial charge in [-0.25, -0.2) is 9.48 Å². The molecule has 1 aromatic carbocycles. The average molecular weight is 324 g/mol. The third-order valence-electron chi connectivity index (χ3n) is 3.28. The van der Waals surface area contributed by atoms with E-state index in [0.29, 0.717) is 23.5 Å². The first kappa shape index (κ1) is 16.9. The second kappa shape index (κ2) is 6.76. The highest BCUT2D eigenvalue weighted by atomic mass is 19.3. The van der Waals surface area contributed by atoms with Gasteiger partial charge >= 0.3 is 12.6 Å². The lowest BCUT2D eigenvalue weighted by atomic mass is 10.0. The fourth-order valence-electron chi connectivity index (χ4n) is 2.41. The van der Waals surface area contributed by atoms with Crippen molar-refractivity contribution in [1.82, 2.24) is 9.78 Å². The molecular weight excluding hydrogens is 306 g/mol. The molecule has 0 amide bonds. The summed E-state index contributed by atoms with van der Waals surface area (Å²) in [6, 6.07) is 5.94. The molecule has 0 aliphatic heterocycles. The van der Waals surface area contributed by atoms with Crippen molar-refractivity contribution < 1.29 is 23.4 Å². The second-order valence-corrected chi connectivity index (χ2v) is 5.59. The Morgan fingerprint density at radius 2 is 1.91 bits per heavy atom. The number of aromatic nitrogens is 2. The SMILES string of the molecule is Cc1nn(-c2ccc(OC(F)F)cc2)c(CC(C)C)c1C(=O)O. The second-order valence-electron chi connectivity index (χ2n) is 5.59. The number of carboxylic acids is 1. The van der Waals surface area contributed by atoms with Crippen LogP contribution in [0, 0.1) is 12.8 Å². The summed E-state index contributed by atoms with van der Waals surface area (Å²) < 4.78 is 30.2. The number of benzene rings is 1. The van der Waals surface area contributed by atoms with E-state index in [0.717, 1.165) is 0 Å². The number of aryl methyl sites for hydroxylation is 1. The van der Waals surface area contributed by atoms with Crippen LogP contribution in [0.1, 0.15) is 35.6 Å². The van der Waals surface area contributed by atoms with Crippen LogP contribution in [0.2, 0.25) is 0 Å². The molecule has 0 radical (unpaired) electrons. The molecule has 0 spiro atoms. The number of hydrogen-bond acceptors (Lipinski definition) is 3. The van der Waals surface area contributed by atoms with Gasteiger partial charge in [0.1, 0.15) is 11.3 Å². The summed E-state index contributed by atoms with van der Waals surface area (Å²) in [4.78, 5) is 11.5. The molecular formula is C16H18F2N2O3. The van der Waals surface area contributed by atoms with Crippen LogP contribution in [-0.4, -0.2) is 27.5 Å². The average Bonchev–Trinajstić information content (AvgIpc) is 2.75. The first-order valence-corrected chi connectivity index (χ1v) is 7.16. The zero-order valence-corrected chi connectivity index (χ0v) is 13.1. The van der Waals surface area contributed by atoms with Gasteiger partial charge in [0.15, 0.2) is 0 Å². The van der Waals surface area contributed by atoms with E-state index >= 15 is 0 Å². The minimum Gasteiger partial charge on any atom is -0.478 e. The number of ether oxygens (including phenoxy) is 1. The van der Waals surface area contributed by atoms with Gasteiger partial charge < -0.3 is 9.84 Å². The molecule has 0 fully saturated rings. The molecule has 0 aliphatic rings. The van der Waals surface area contributed by atoms with Gasteiger partial charge in [-0.15, -0.1) is 0 Å². The van der Waals surface area contributed by atoms with E-state index in [1.165, 1.54) is 12.1 Å². The molecule has 0 aliphatic carbocycles.